The van der Waals surface area contributed by atoms with Gasteiger partial charge in [-0.25, -0.2) is 9.20 Å². The van der Waals surface area contributed by atoms with E-state index in [1.54, 1.807) is 0 Å². The number of nitrogens with one attached hydrogen (secondary N) is 1. The molecular formula is C21H21F5N6O4. The molecule has 1 aliphatic rings. The number of aromatic nitrogens is 4. The Balaban J connectivity index is 1.33. The van der Waals surface area contributed by atoms with E-state index in [1.807, 2.05) is 0 Å². The second-order valence-electron chi connectivity index (χ2n) is 8.19. The highest BCUT2D eigenvalue weighted by molar-refractivity contribution is 6.00. The number of nitrogens with zero attached hydrogens (tertiary/aromatic N) is 4. The molecule has 10 nitrogen and oxygen atoms in total. The van der Waals surface area contributed by atoms with Gasteiger partial charge in [0, 0.05) is 12.2 Å². The lowest BCUT2D eigenvalue weighted by Crippen LogP contribution is -2.39. The van der Waals surface area contributed by atoms with E-state index < -0.39 is 37.3 Å². The second kappa shape index (κ2) is 9.99. The number of carbonyl (C=O) groups excluding carboxylic acids is 2. The van der Waals surface area contributed by atoms with Crippen LogP contribution in [0.15, 0.2) is 30.7 Å². The maximum Gasteiger partial charge on any atom is 0.422 e. The van der Waals surface area contributed by atoms with Crippen LogP contribution in [0.5, 0.6) is 11.6 Å². The van der Waals surface area contributed by atoms with Crippen LogP contribution in [0.4, 0.5) is 22.0 Å². The molecule has 3 heterocycles. The van der Waals surface area contributed by atoms with Crippen LogP contribution in [-0.4, -0.2) is 56.1 Å². The Morgan fingerprint density at radius 1 is 1.14 bits per heavy atom. The lowest BCUT2D eigenvalue weighted by Gasteiger charge is -2.29. The van der Waals surface area contributed by atoms with Crippen molar-refractivity contribution in [2.24, 2.45) is 5.73 Å². The zero-order valence-electron chi connectivity index (χ0n) is 18.5. The van der Waals surface area contributed by atoms with E-state index in [4.69, 9.17) is 10.5 Å². The molecule has 0 atom stereocenters. The lowest BCUT2D eigenvalue weighted by atomic mass is 9.92. The minimum absolute atomic E-state index is 0.0499. The van der Waals surface area contributed by atoms with Crippen LogP contribution in [0.1, 0.15) is 52.9 Å². The van der Waals surface area contributed by atoms with Crippen molar-refractivity contribution in [2.45, 2.75) is 50.6 Å². The number of fused-ring (bicyclic) bond motifs is 1. The highest BCUT2D eigenvalue weighted by Crippen LogP contribution is 2.27. The third-order valence-corrected chi connectivity index (χ3v) is 5.59. The molecule has 0 spiro atoms. The van der Waals surface area contributed by atoms with Gasteiger partial charge < -0.3 is 20.5 Å². The Hall–Kier alpha value is -3.91. The Labute approximate surface area is 200 Å². The second-order valence-corrected chi connectivity index (χ2v) is 8.19. The number of hydrogen-bond acceptors (Lipinski definition) is 6. The van der Waals surface area contributed by atoms with Crippen molar-refractivity contribution >= 4 is 17.3 Å². The van der Waals surface area contributed by atoms with Crippen LogP contribution in [-0.2, 0) is 0 Å². The Bertz CT molecular complexity index is 1250. The molecule has 0 saturated heterocycles. The van der Waals surface area contributed by atoms with E-state index in [0.717, 1.165) is 6.20 Å². The SMILES string of the molecule is NC(=O)c1cn(C(F)F)nc1O[C@H]1CC[C@H](NC(=O)c2cnn3cc(OCC(F)(F)F)ccc23)CC1. The fourth-order valence-corrected chi connectivity index (χ4v) is 3.87. The maximum absolute atomic E-state index is 12.9. The van der Waals surface area contributed by atoms with Crippen molar-refractivity contribution < 1.29 is 41.0 Å². The Morgan fingerprint density at radius 2 is 1.86 bits per heavy atom. The molecule has 0 radical (unpaired) electrons. The molecule has 1 fully saturated rings. The first-order chi connectivity index (χ1) is 17.0. The molecule has 1 saturated carbocycles. The smallest absolute Gasteiger partial charge is 0.422 e. The molecule has 0 unspecified atom stereocenters. The van der Waals surface area contributed by atoms with Gasteiger partial charge in [-0.15, -0.1) is 5.10 Å². The normalized spacial score (nSPS) is 18.4. The third kappa shape index (κ3) is 5.83. The summed E-state index contributed by atoms with van der Waals surface area (Å²) in [5.41, 5.74) is 5.59. The van der Waals surface area contributed by atoms with E-state index >= 15 is 0 Å². The van der Waals surface area contributed by atoms with Crippen molar-refractivity contribution in [2.75, 3.05) is 6.61 Å². The molecule has 15 heteroatoms. The van der Waals surface area contributed by atoms with Crippen LogP contribution in [0, 0.1) is 0 Å². The van der Waals surface area contributed by atoms with E-state index in [1.165, 1.54) is 29.0 Å². The lowest BCUT2D eigenvalue weighted by molar-refractivity contribution is -0.153. The van der Waals surface area contributed by atoms with Crippen molar-refractivity contribution in [3.63, 3.8) is 0 Å². The minimum Gasteiger partial charge on any atom is -0.483 e. The van der Waals surface area contributed by atoms with E-state index in [-0.39, 0.29) is 28.8 Å². The topological polar surface area (TPSA) is 126 Å². The maximum atomic E-state index is 12.9. The number of carbonyl (C=O) groups is 2. The molecule has 3 aromatic rings. The molecular weight excluding hydrogens is 495 g/mol. The fourth-order valence-electron chi connectivity index (χ4n) is 3.87. The van der Waals surface area contributed by atoms with Crippen molar-refractivity contribution in [3.8, 4) is 11.6 Å². The van der Waals surface area contributed by atoms with Crippen LogP contribution in [0.3, 0.4) is 0 Å². The summed E-state index contributed by atoms with van der Waals surface area (Å²) in [5.74, 6) is -1.67. The summed E-state index contributed by atoms with van der Waals surface area (Å²) < 4.78 is 74.7. The molecule has 0 bridgehead atoms. The molecule has 4 rings (SSSR count). The first kappa shape index (κ1) is 25.2. The monoisotopic (exact) mass is 516 g/mol. The van der Waals surface area contributed by atoms with Gasteiger partial charge in [-0.3, -0.25) is 9.59 Å². The first-order valence-corrected chi connectivity index (χ1v) is 10.8. The van der Waals surface area contributed by atoms with Gasteiger partial charge in [-0.1, -0.05) is 0 Å². The zero-order chi connectivity index (χ0) is 26.0. The summed E-state index contributed by atoms with van der Waals surface area (Å²) in [4.78, 5) is 24.3. The van der Waals surface area contributed by atoms with Crippen molar-refractivity contribution in [1.29, 1.82) is 0 Å². The number of pyridine rings is 1. The molecule has 2 amide bonds. The van der Waals surface area contributed by atoms with E-state index in [9.17, 15) is 31.5 Å². The fraction of sp³-hybridized carbons (Fsp3) is 0.429. The third-order valence-electron chi connectivity index (χ3n) is 5.59. The van der Waals surface area contributed by atoms with Crippen molar-refractivity contribution in [3.05, 3.63) is 41.9 Å². The molecule has 3 aromatic heterocycles. The van der Waals surface area contributed by atoms with Gasteiger partial charge >= 0.3 is 12.7 Å². The number of alkyl halides is 5. The van der Waals surface area contributed by atoms with Crippen LogP contribution >= 0.6 is 0 Å². The summed E-state index contributed by atoms with van der Waals surface area (Å²) in [6.45, 7) is -4.40. The number of amides is 2. The van der Waals surface area contributed by atoms with E-state index in [2.05, 4.69) is 20.3 Å². The summed E-state index contributed by atoms with van der Waals surface area (Å²) in [6, 6.07) is 2.54. The Kier molecular flexibility index (Phi) is 6.99. The van der Waals surface area contributed by atoms with Crippen LogP contribution in [0.25, 0.3) is 5.52 Å². The minimum atomic E-state index is -4.48. The van der Waals surface area contributed by atoms with Crippen LogP contribution in [0.2, 0.25) is 0 Å². The van der Waals surface area contributed by atoms with Gasteiger partial charge in [-0.05, 0) is 37.8 Å². The summed E-state index contributed by atoms with van der Waals surface area (Å²) in [5, 5.41) is 10.5. The number of rotatable bonds is 8. The molecule has 36 heavy (non-hydrogen) atoms. The predicted molar refractivity (Wildman–Crippen MR) is 113 cm³/mol. The summed E-state index contributed by atoms with van der Waals surface area (Å²) in [6.07, 6.45) is 0.414. The average Bonchev–Trinajstić information content (AvgIpc) is 3.43. The largest absolute Gasteiger partial charge is 0.483 e. The number of hydrogen-bond donors (Lipinski definition) is 2. The summed E-state index contributed by atoms with van der Waals surface area (Å²) in [7, 11) is 0. The van der Waals surface area contributed by atoms with Gasteiger partial charge in [0.15, 0.2) is 6.61 Å². The number of halogens is 5. The molecule has 0 aliphatic heterocycles. The first-order valence-electron chi connectivity index (χ1n) is 10.8. The summed E-state index contributed by atoms with van der Waals surface area (Å²) >= 11 is 0. The number of primary amides is 1. The number of nitrogens with two attached hydrogens (primary N) is 1. The van der Waals surface area contributed by atoms with Gasteiger partial charge in [0.2, 0.25) is 5.88 Å². The van der Waals surface area contributed by atoms with Crippen molar-refractivity contribution in [1.82, 2.24) is 24.7 Å². The molecule has 3 N–H and O–H groups in total. The van der Waals surface area contributed by atoms with Gasteiger partial charge in [0.25, 0.3) is 11.8 Å². The van der Waals surface area contributed by atoms with E-state index in [0.29, 0.717) is 35.9 Å². The predicted octanol–water partition coefficient (Wildman–Crippen LogP) is 3.09. The van der Waals surface area contributed by atoms with Gasteiger partial charge in [-0.2, -0.15) is 27.1 Å². The van der Waals surface area contributed by atoms with Gasteiger partial charge in [0.1, 0.15) is 17.4 Å². The number of ether oxygens (including phenoxy) is 2. The zero-order valence-corrected chi connectivity index (χ0v) is 18.5. The van der Waals surface area contributed by atoms with Gasteiger partial charge in [0.05, 0.1) is 23.5 Å². The van der Waals surface area contributed by atoms with Crippen LogP contribution < -0.4 is 20.5 Å². The average molecular weight is 516 g/mol. The Morgan fingerprint density at radius 3 is 2.50 bits per heavy atom. The highest BCUT2D eigenvalue weighted by Gasteiger charge is 2.29. The standard InChI is InChI=1S/C21H21F5N6O4/c22-20(23)32-9-15(17(27)33)19(30-32)36-12-3-1-11(2-4-12)29-18(34)14-7-28-31-8-13(5-6-16(14)31)35-10-21(24,25)26/h5-9,11-12,20H,1-4,10H2,(H2,27,33)(H,29,34)/t11-,12-. The molecule has 194 valence electrons. The molecule has 1 aliphatic carbocycles. The molecule has 0 aromatic carbocycles. The highest BCUT2D eigenvalue weighted by atomic mass is 19.4. The quantitative estimate of drug-likeness (QED) is 0.444.